The van der Waals surface area contributed by atoms with Crippen molar-refractivity contribution < 1.29 is 8.42 Å². The van der Waals surface area contributed by atoms with Gasteiger partial charge in [-0.2, -0.15) is 0 Å². The highest BCUT2D eigenvalue weighted by atomic mass is 32.2. The van der Waals surface area contributed by atoms with Crippen LogP contribution in [0.4, 0.5) is 0 Å². The molecule has 0 unspecified atom stereocenters. The van der Waals surface area contributed by atoms with Gasteiger partial charge in [0.1, 0.15) is 0 Å². The molecular formula is C11H15N3O2S. The molecule has 0 fully saturated rings. The molecule has 2 heterocycles. The van der Waals surface area contributed by atoms with Crippen LogP contribution in [-0.2, 0) is 10.0 Å². The number of rotatable bonds is 2. The third-order valence-corrected chi connectivity index (χ3v) is 3.75. The number of pyridine rings is 1. The molecule has 2 aromatic rings. The maximum atomic E-state index is 12.1. The standard InChI is InChI=1S/C11H15N3O2S/c1-11(2,3)13-17(15,16)10-12-8-9-6-4-5-7-14(9)10/h4-8,13H,1-3H3. The topological polar surface area (TPSA) is 63.5 Å². The van der Waals surface area contributed by atoms with Crippen molar-refractivity contribution in [1.29, 1.82) is 0 Å². The van der Waals surface area contributed by atoms with Gasteiger partial charge in [0.05, 0.1) is 11.7 Å². The second-order valence-electron chi connectivity index (χ2n) is 4.89. The Hall–Kier alpha value is -1.40. The minimum Gasteiger partial charge on any atom is -0.290 e. The fourth-order valence-electron chi connectivity index (χ4n) is 1.57. The second-order valence-corrected chi connectivity index (χ2v) is 6.47. The molecule has 5 nitrogen and oxygen atoms in total. The van der Waals surface area contributed by atoms with E-state index >= 15 is 0 Å². The van der Waals surface area contributed by atoms with Gasteiger partial charge in [-0.15, -0.1) is 0 Å². The number of nitrogens with zero attached hydrogens (tertiary/aromatic N) is 2. The van der Waals surface area contributed by atoms with Crippen molar-refractivity contribution >= 4 is 15.5 Å². The lowest BCUT2D eigenvalue weighted by molar-refractivity contribution is 0.486. The van der Waals surface area contributed by atoms with Gasteiger partial charge >= 0.3 is 0 Å². The fraction of sp³-hybridized carbons (Fsp3) is 0.364. The van der Waals surface area contributed by atoms with Gasteiger partial charge in [0.2, 0.25) is 5.16 Å². The minimum absolute atomic E-state index is 0.0167. The number of hydrogen-bond acceptors (Lipinski definition) is 3. The highest BCUT2D eigenvalue weighted by Gasteiger charge is 2.25. The first-order valence-corrected chi connectivity index (χ1v) is 6.74. The van der Waals surface area contributed by atoms with Crippen molar-refractivity contribution in [3.63, 3.8) is 0 Å². The Morgan fingerprint density at radius 3 is 2.65 bits per heavy atom. The number of fused-ring (bicyclic) bond motifs is 1. The van der Waals surface area contributed by atoms with Gasteiger partial charge in [0, 0.05) is 11.7 Å². The van der Waals surface area contributed by atoms with E-state index < -0.39 is 15.6 Å². The first-order valence-electron chi connectivity index (χ1n) is 5.26. The Kier molecular flexibility index (Phi) is 2.71. The third-order valence-electron chi connectivity index (χ3n) is 2.09. The van der Waals surface area contributed by atoms with Gasteiger partial charge in [0.25, 0.3) is 10.0 Å². The monoisotopic (exact) mass is 253 g/mol. The third kappa shape index (κ3) is 2.48. The summed E-state index contributed by atoms with van der Waals surface area (Å²) in [6, 6.07) is 5.42. The summed E-state index contributed by atoms with van der Waals surface area (Å²) in [6.07, 6.45) is 3.22. The maximum absolute atomic E-state index is 12.1. The average molecular weight is 253 g/mol. The lowest BCUT2D eigenvalue weighted by atomic mass is 10.1. The predicted molar refractivity (Wildman–Crippen MR) is 65.3 cm³/mol. The normalized spacial score (nSPS) is 13.1. The number of nitrogens with one attached hydrogen (secondary N) is 1. The molecule has 17 heavy (non-hydrogen) atoms. The summed E-state index contributed by atoms with van der Waals surface area (Å²) in [6.45, 7) is 5.38. The van der Waals surface area contributed by atoms with E-state index in [0.29, 0.717) is 0 Å². The summed E-state index contributed by atoms with van der Waals surface area (Å²) in [5.74, 6) is 0. The van der Waals surface area contributed by atoms with E-state index in [1.54, 1.807) is 37.4 Å². The van der Waals surface area contributed by atoms with Crippen molar-refractivity contribution in [2.24, 2.45) is 0 Å². The summed E-state index contributed by atoms with van der Waals surface area (Å²) in [4.78, 5) is 3.96. The van der Waals surface area contributed by atoms with Gasteiger partial charge in [-0.1, -0.05) is 6.07 Å². The van der Waals surface area contributed by atoms with E-state index in [1.807, 2.05) is 12.1 Å². The van der Waals surface area contributed by atoms with Gasteiger partial charge in [-0.25, -0.2) is 18.1 Å². The molecule has 0 atom stereocenters. The summed E-state index contributed by atoms with van der Waals surface area (Å²) >= 11 is 0. The Morgan fingerprint density at radius 2 is 2.00 bits per heavy atom. The van der Waals surface area contributed by atoms with Crippen LogP contribution in [0.2, 0.25) is 0 Å². The smallest absolute Gasteiger partial charge is 0.275 e. The summed E-state index contributed by atoms with van der Waals surface area (Å²) in [5, 5.41) is 0.0167. The number of hydrogen-bond donors (Lipinski definition) is 1. The molecular weight excluding hydrogens is 238 g/mol. The number of sulfonamides is 1. The minimum atomic E-state index is -3.60. The van der Waals surface area contributed by atoms with Crippen molar-refractivity contribution in [3.8, 4) is 0 Å². The highest BCUT2D eigenvalue weighted by molar-refractivity contribution is 7.89. The summed E-state index contributed by atoms with van der Waals surface area (Å²) < 4.78 is 28.4. The van der Waals surface area contributed by atoms with Crippen LogP contribution < -0.4 is 4.72 Å². The van der Waals surface area contributed by atoms with Gasteiger partial charge in [-0.05, 0) is 32.9 Å². The molecule has 0 bridgehead atoms. The zero-order valence-corrected chi connectivity index (χ0v) is 10.8. The maximum Gasteiger partial charge on any atom is 0.275 e. The largest absolute Gasteiger partial charge is 0.290 e. The quantitative estimate of drug-likeness (QED) is 0.880. The second kappa shape index (κ2) is 3.82. The zero-order chi connectivity index (χ0) is 12.7. The highest BCUT2D eigenvalue weighted by Crippen LogP contribution is 2.13. The van der Waals surface area contributed by atoms with Crippen molar-refractivity contribution in [2.45, 2.75) is 31.5 Å². The van der Waals surface area contributed by atoms with E-state index in [2.05, 4.69) is 9.71 Å². The SMILES string of the molecule is CC(C)(C)NS(=O)(=O)c1ncc2ccccn12. The molecule has 0 radical (unpaired) electrons. The Morgan fingerprint density at radius 1 is 1.29 bits per heavy atom. The average Bonchev–Trinajstić information content (AvgIpc) is 2.57. The van der Waals surface area contributed by atoms with Crippen LogP contribution in [-0.4, -0.2) is 23.3 Å². The molecule has 92 valence electrons. The van der Waals surface area contributed by atoms with E-state index in [1.165, 1.54) is 6.20 Å². The van der Waals surface area contributed by atoms with Gasteiger partial charge < -0.3 is 0 Å². The summed E-state index contributed by atoms with van der Waals surface area (Å²) in [7, 11) is -3.60. The van der Waals surface area contributed by atoms with Crippen LogP contribution in [0.5, 0.6) is 0 Å². The van der Waals surface area contributed by atoms with Crippen LogP contribution >= 0.6 is 0 Å². The first-order chi connectivity index (χ1) is 7.80. The van der Waals surface area contributed by atoms with Crippen LogP contribution in [0.1, 0.15) is 20.8 Å². The number of imidazole rings is 1. The van der Waals surface area contributed by atoms with Gasteiger partial charge in [-0.3, -0.25) is 4.40 Å². The molecule has 0 spiro atoms. The molecule has 6 heteroatoms. The van der Waals surface area contributed by atoms with Crippen LogP contribution in [0.3, 0.4) is 0 Å². The molecule has 0 aliphatic heterocycles. The summed E-state index contributed by atoms with van der Waals surface area (Å²) in [5.41, 5.74) is 0.223. The molecule has 0 aromatic carbocycles. The van der Waals surface area contributed by atoms with E-state index in [-0.39, 0.29) is 5.16 Å². The fourth-order valence-corrected chi connectivity index (χ4v) is 3.08. The molecule has 0 saturated carbocycles. The van der Waals surface area contributed by atoms with Crippen LogP contribution in [0.15, 0.2) is 35.7 Å². The Balaban J connectivity index is 2.54. The van der Waals surface area contributed by atoms with Crippen molar-refractivity contribution in [3.05, 3.63) is 30.6 Å². The van der Waals surface area contributed by atoms with E-state index in [4.69, 9.17) is 0 Å². The molecule has 0 aliphatic rings. The Bertz CT molecular complexity index is 638. The molecule has 0 saturated heterocycles. The zero-order valence-electron chi connectivity index (χ0n) is 10.0. The van der Waals surface area contributed by atoms with E-state index in [9.17, 15) is 8.42 Å². The molecule has 2 rings (SSSR count). The van der Waals surface area contributed by atoms with Crippen molar-refractivity contribution in [1.82, 2.24) is 14.1 Å². The molecule has 2 aromatic heterocycles. The van der Waals surface area contributed by atoms with Gasteiger partial charge in [0.15, 0.2) is 0 Å². The Labute approximate surface area is 101 Å². The lowest BCUT2D eigenvalue weighted by Crippen LogP contribution is -2.41. The van der Waals surface area contributed by atoms with Crippen LogP contribution in [0.25, 0.3) is 5.52 Å². The van der Waals surface area contributed by atoms with Crippen molar-refractivity contribution in [2.75, 3.05) is 0 Å². The van der Waals surface area contributed by atoms with Crippen LogP contribution in [0, 0.1) is 0 Å². The predicted octanol–water partition coefficient (Wildman–Crippen LogP) is 1.41. The molecule has 1 N–H and O–H groups in total. The molecule has 0 amide bonds. The lowest BCUT2D eigenvalue weighted by Gasteiger charge is -2.19. The first kappa shape index (κ1) is 12.1. The molecule has 0 aliphatic carbocycles. The number of aromatic nitrogens is 2. The van der Waals surface area contributed by atoms with E-state index in [0.717, 1.165) is 5.52 Å².